The predicted octanol–water partition coefficient (Wildman–Crippen LogP) is 5.36. The molecule has 1 aliphatic heterocycles. The van der Waals surface area contributed by atoms with Crippen molar-refractivity contribution < 1.29 is 18.3 Å². The van der Waals surface area contributed by atoms with Crippen LogP contribution in [-0.4, -0.2) is 17.1 Å². The first-order valence-corrected chi connectivity index (χ1v) is 8.15. The number of ether oxygens (including phenoxy) is 1. The molecule has 0 saturated carbocycles. The minimum atomic E-state index is -1.85. The van der Waals surface area contributed by atoms with Crippen LogP contribution in [0.1, 0.15) is 31.0 Å². The molecule has 1 amide bonds. The zero-order valence-corrected chi connectivity index (χ0v) is 14.0. The Bertz CT molecular complexity index is 733. The van der Waals surface area contributed by atoms with E-state index in [9.17, 15) is 13.6 Å². The molecule has 3 rings (SSSR count). The lowest BCUT2D eigenvalue weighted by molar-refractivity contribution is 0.0136. The van der Waals surface area contributed by atoms with Crippen LogP contribution in [0.3, 0.4) is 0 Å². The highest BCUT2D eigenvalue weighted by molar-refractivity contribution is 5.73. The van der Waals surface area contributed by atoms with Gasteiger partial charge in [0, 0.05) is 5.92 Å². The fraction of sp³-hybridized carbons (Fsp3) is 0.250. The number of amides is 1. The van der Waals surface area contributed by atoms with Gasteiger partial charge in [0.15, 0.2) is 0 Å². The van der Waals surface area contributed by atoms with Gasteiger partial charge in [-0.3, -0.25) is 4.90 Å². The summed E-state index contributed by atoms with van der Waals surface area (Å²) in [6, 6.07) is 17.6. The second-order valence-electron chi connectivity index (χ2n) is 6.12. The fourth-order valence-electron chi connectivity index (χ4n) is 3.13. The molecule has 1 aliphatic rings. The number of benzene rings is 2. The summed E-state index contributed by atoms with van der Waals surface area (Å²) in [5, 5.41) is 0. The SMILES string of the molecule is CC1OC(=O)N(C(c2ccccc2)c2ccccc2)C(=C(F)F)C1C. The van der Waals surface area contributed by atoms with Crippen molar-refractivity contribution in [1.29, 1.82) is 0 Å². The average molecular weight is 343 g/mol. The molecule has 5 heteroatoms. The van der Waals surface area contributed by atoms with Gasteiger partial charge in [0.25, 0.3) is 6.08 Å². The van der Waals surface area contributed by atoms with E-state index in [2.05, 4.69) is 0 Å². The number of halogens is 2. The summed E-state index contributed by atoms with van der Waals surface area (Å²) in [5.41, 5.74) is 1.21. The lowest BCUT2D eigenvalue weighted by Gasteiger charge is -2.41. The third-order valence-electron chi connectivity index (χ3n) is 4.56. The van der Waals surface area contributed by atoms with Gasteiger partial charge in [-0.15, -0.1) is 0 Å². The van der Waals surface area contributed by atoms with Gasteiger partial charge in [0.2, 0.25) is 0 Å². The Morgan fingerprint density at radius 3 is 1.88 bits per heavy atom. The summed E-state index contributed by atoms with van der Waals surface area (Å²) in [5.74, 6) is -0.599. The second-order valence-corrected chi connectivity index (χ2v) is 6.12. The summed E-state index contributed by atoms with van der Waals surface area (Å²) in [7, 11) is 0. The molecule has 0 radical (unpaired) electrons. The van der Waals surface area contributed by atoms with Crippen molar-refractivity contribution >= 4 is 6.09 Å². The third kappa shape index (κ3) is 3.27. The Labute approximate surface area is 145 Å². The molecule has 0 N–H and O–H groups in total. The quantitative estimate of drug-likeness (QED) is 0.751. The highest BCUT2D eigenvalue weighted by Crippen LogP contribution is 2.40. The molecular weight excluding hydrogens is 324 g/mol. The van der Waals surface area contributed by atoms with E-state index in [-0.39, 0.29) is 5.70 Å². The molecule has 0 aliphatic carbocycles. The van der Waals surface area contributed by atoms with Gasteiger partial charge in [0.05, 0.1) is 11.7 Å². The minimum absolute atomic E-state index is 0.276. The van der Waals surface area contributed by atoms with Crippen LogP contribution in [0.4, 0.5) is 13.6 Å². The molecule has 2 unspecified atom stereocenters. The standard InChI is InChI=1S/C20H19F2NO2/c1-13-14(2)25-20(24)23(17(13)19(21)22)18(15-9-5-3-6-10-15)16-11-7-4-8-12-16/h3-14,18H,1-2H3. The van der Waals surface area contributed by atoms with E-state index in [4.69, 9.17) is 4.74 Å². The molecule has 130 valence electrons. The van der Waals surface area contributed by atoms with Crippen LogP contribution in [0.2, 0.25) is 0 Å². The third-order valence-corrected chi connectivity index (χ3v) is 4.56. The van der Waals surface area contributed by atoms with E-state index >= 15 is 0 Å². The molecule has 1 saturated heterocycles. The number of hydrogen-bond acceptors (Lipinski definition) is 2. The molecular formula is C20H19F2NO2. The molecule has 25 heavy (non-hydrogen) atoms. The molecule has 2 atom stereocenters. The Kier molecular flexibility index (Phi) is 4.83. The van der Waals surface area contributed by atoms with E-state index in [0.717, 1.165) is 16.0 Å². The minimum Gasteiger partial charge on any atom is -0.445 e. The van der Waals surface area contributed by atoms with Crippen LogP contribution < -0.4 is 0 Å². The van der Waals surface area contributed by atoms with E-state index in [1.807, 2.05) is 60.7 Å². The van der Waals surface area contributed by atoms with Gasteiger partial charge in [-0.1, -0.05) is 67.6 Å². The molecule has 3 nitrogen and oxygen atoms in total. The van der Waals surface area contributed by atoms with Gasteiger partial charge < -0.3 is 4.74 Å². The van der Waals surface area contributed by atoms with Crippen LogP contribution in [0.15, 0.2) is 72.4 Å². The van der Waals surface area contributed by atoms with Crippen molar-refractivity contribution in [3.8, 4) is 0 Å². The predicted molar refractivity (Wildman–Crippen MR) is 90.9 cm³/mol. The van der Waals surface area contributed by atoms with Gasteiger partial charge in [-0.25, -0.2) is 4.79 Å². The van der Waals surface area contributed by atoms with Crippen molar-refractivity contribution in [3.63, 3.8) is 0 Å². The van der Waals surface area contributed by atoms with Crippen LogP contribution in [0.25, 0.3) is 0 Å². The van der Waals surface area contributed by atoms with Crippen LogP contribution in [0, 0.1) is 5.92 Å². The largest absolute Gasteiger partial charge is 0.445 e. The maximum Gasteiger partial charge on any atom is 0.415 e. The second kappa shape index (κ2) is 7.05. The monoisotopic (exact) mass is 343 g/mol. The molecule has 0 spiro atoms. The summed E-state index contributed by atoms with van der Waals surface area (Å²) in [4.78, 5) is 13.7. The highest BCUT2D eigenvalue weighted by atomic mass is 19.3. The Morgan fingerprint density at radius 2 is 1.44 bits per heavy atom. The zero-order valence-electron chi connectivity index (χ0n) is 14.0. The molecule has 1 heterocycles. The van der Waals surface area contributed by atoms with Gasteiger partial charge in [-0.2, -0.15) is 8.78 Å². The Hall–Kier alpha value is -2.69. The summed E-state index contributed by atoms with van der Waals surface area (Å²) >= 11 is 0. The van der Waals surface area contributed by atoms with Crippen LogP contribution in [0.5, 0.6) is 0 Å². The van der Waals surface area contributed by atoms with E-state index in [1.54, 1.807) is 13.8 Å². The molecule has 0 aromatic heterocycles. The summed E-state index contributed by atoms with van der Waals surface area (Å²) in [6.07, 6.45) is -3.22. The van der Waals surface area contributed by atoms with Crippen LogP contribution in [-0.2, 0) is 4.74 Å². The smallest absolute Gasteiger partial charge is 0.415 e. The summed E-state index contributed by atoms with van der Waals surface area (Å²) < 4.78 is 32.9. The lowest BCUT2D eigenvalue weighted by Crippen LogP contribution is -2.46. The molecule has 2 aromatic rings. The Morgan fingerprint density at radius 1 is 0.960 bits per heavy atom. The van der Waals surface area contributed by atoms with Gasteiger partial charge in [0.1, 0.15) is 6.10 Å². The maximum atomic E-state index is 13.8. The van der Waals surface area contributed by atoms with Crippen molar-refractivity contribution in [3.05, 3.63) is 83.6 Å². The first kappa shape index (κ1) is 17.1. The van der Waals surface area contributed by atoms with Gasteiger partial charge >= 0.3 is 6.09 Å². The van der Waals surface area contributed by atoms with Crippen molar-refractivity contribution in [2.75, 3.05) is 0 Å². The van der Waals surface area contributed by atoms with Crippen molar-refractivity contribution in [2.24, 2.45) is 5.92 Å². The number of cyclic esters (lactones) is 1. The fourth-order valence-corrected chi connectivity index (χ4v) is 3.13. The normalized spacial score (nSPS) is 20.6. The Balaban J connectivity index is 2.18. The highest BCUT2D eigenvalue weighted by Gasteiger charge is 2.42. The van der Waals surface area contributed by atoms with Gasteiger partial charge in [-0.05, 0) is 18.1 Å². The zero-order chi connectivity index (χ0) is 18.0. The molecule has 2 aromatic carbocycles. The lowest BCUT2D eigenvalue weighted by atomic mass is 9.92. The summed E-state index contributed by atoms with van der Waals surface area (Å²) in [6.45, 7) is 3.27. The van der Waals surface area contributed by atoms with E-state index < -0.39 is 30.2 Å². The maximum absolute atomic E-state index is 13.8. The number of nitrogens with zero attached hydrogens (tertiary/aromatic N) is 1. The number of carbonyl (C=O) groups excluding carboxylic acids is 1. The first-order chi connectivity index (χ1) is 12.0. The topological polar surface area (TPSA) is 29.5 Å². The molecule has 0 bridgehead atoms. The number of hydrogen-bond donors (Lipinski definition) is 0. The first-order valence-electron chi connectivity index (χ1n) is 8.15. The average Bonchev–Trinajstić information content (AvgIpc) is 2.61. The van der Waals surface area contributed by atoms with E-state index in [1.165, 1.54) is 0 Å². The molecule has 1 fully saturated rings. The van der Waals surface area contributed by atoms with Crippen LogP contribution >= 0.6 is 0 Å². The van der Waals surface area contributed by atoms with Crippen molar-refractivity contribution in [2.45, 2.75) is 26.0 Å². The van der Waals surface area contributed by atoms with E-state index in [0.29, 0.717) is 0 Å². The van der Waals surface area contributed by atoms with Crippen molar-refractivity contribution in [1.82, 2.24) is 4.90 Å². The number of carbonyl (C=O) groups is 1. The number of rotatable bonds is 3.